The number of rotatable bonds is 3. The molecule has 1 heterocycles. The number of piperidine rings is 1. The van der Waals surface area contributed by atoms with Crippen molar-refractivity contribution < 1.29 is 17.9 Å². The quantitative estimate of drug-likeness (QED) is 0.794. The number of hydrogen-bond acceptors (Lipinski definition) is 4. The van der Waals surface area contributed by atoms with E-state index in [1.54, 1.807) is 18.2 Å². The number of nitrogens with zero attached hydrogens (tertiary/aromatic N) is 1. The van der Waals surface area contributed by atoms with Crippen LogP contribution < -0.4 is 0 Å². The Hall–Kier alpha value is -1.40. The van der Waals surface area contributed by atoms with Crippen molar-refractivity contribution in [1.29, 1.82) is 0 Å². The highest BCUT2D eigenvalue weighted by Gasteiger charge is 2.33. The lowest BCUT2D eigenvalue weighted by atomic mass is 10.0. The molecule has 0 saturated carbocycles. The Morgan fingerprint density at radius 2 is 2.15 bits per heavy atom. The van der Waals surface area contributed by atoms with Gasteiger partial charge < -0.3 is 4.74 Å². The molecule has 1 fully saturated rings. The van der Waals surface area contributed by atoms with Crippen molar-refractivity contribution in [2.45, 2.75) is 24.7 Å². The van der Waals surface area contributed by atoms with Crippen LogP contribution in [0, 0.1) is 12.8 Å². The molecule has 0 bridgehead atoms. The molecule has 1 atom stereocenters. The number of aryl methyl sites for hydroxylation is 1. The van der Waals surface area contributed by atoms with Crippen molar-refractivity contribution >= 4 is 16.0 Å². The van der Waals surface area contributed by atoms with E-state index in [1.165, 1.54) is 11.4 Å². The summed E-state index contributed by atoms with van der Waals surface area (Å²) in [6.07, 6.45) is 1.34. The summed E-state index contributed by atoms with van der Waals surface area (Å²) in [7, 11) is -2.20. The van der Waals surface area contributed by atoms with Crippen LogP contribution in [0.4, 0.5) is 0 Å². The Kier molecular flexibility index (Phi) is 4.45. The van der Waals surface area contributed by atoms with Crippen LogP contribution in [-0.4, -0.2) is 38.9 Å². The van der Waals surface area contributed by atoms with Gasteiger partial charge in [-0.05, 0) is 37.5 Å². The predicted octanol–water partition coefficient (Wildman–Crippen LogP) is 1.57. The average Bonchev–Trinajstić information content (AvgIpc) is 2.46. The summed E-state index contributed by atoms with van der Waals surface area (Å²) in [5, 5.41) is 0. The van der Waals surface area contributed by atoms with Crippen molar-refractivity contribution in [3.05, 3.63) is 29.8 Å². The summed E-state index contributed by atoms with van der Waals surface area (Å²) in [5.41, 5.74) is 0.896. The minimum Gasteiger partial charge on any atom is -0.469 e. The summed E-state index contributed by atoms with van der Waals surface area (Å²) in [6, 6.07) is 6.82. The molecule has 1 saturated heterocycles. The molecule has 110 valence electrons. The fraction of sp³-hybridized carbons (Fsp3) is 0.500. The molecule has 0 N–H and O–H groups in total. The fourth-order valence-electron chi connectivity index (χ4n) is 2.44. The molecule has 1 aliphatic rings. The molecule has 0 radical (unpaired) electrons. The number of carbonyl (C=O) groups excluding carboxylic acids is 1. The largest absolute Gasteiger partial charge is 0.469 e. The normalized spacial score (nSPS) is 20.6. The number of sulfonamides is 1. The van der Waals surface area contributed by atoms with Gasteiger partial charge in [0.15, 0.2) is 0 Å². The van der Waals surface area contributed by atoms with E-state index < -0.39 is 10.0 Å². The number of benzene rings is 1. The van der Waals surface area contributed by atoms with E-state index in [-0.39, 0.29) is 23.3 Å². The summed E-state index contributed by atoms with van der Waals surface area (Å²) >= 11 is 0. The predicted molar refractivity (Wildman–Crippen MR) is 74.7 cm³/mol. The van der Waals surface area contributed by atoms with Crippen LogP contribution in [0.1, 0.15) is 18.4 Å². The minimum atomic E-state index is -3.53. The van der Waals surface area contributed by atoms with Crippen LogP contribution in [0.2, 0.25) is 0 Å². The van der Waals surface area contributed by atoms with Crippen molar-refractivity contribution in [3.63, 3.8) is 0 Å². The lowest BCUT2D eigenvalue weighted by Gasteiger charge is -2.30. The van der Waals surface area contributed by atoms with Gasteiger partial charge in [-0.25, -0.2) is 8.42 Å². The zero-order valence-corrected chi connectivity index (χ0v) is 12.5. The zero-order chi connectivity index (χ0) is 14.8. The molecule has 0 aromatic heterocycles. The molecule has 0 unspecified atom stereocenters. The Balaban J connectivity index is 2.23. The van der Waals surface area contributed by atoms with Crippen LogP contribution in [-0.2, 0) is 19.6 Å². The van der Waals surface area contributed by atoms with Crippen molar-refractivity contribution in [2.24, 2.45) is 5.92 Å². The first-order chi connectivity index (χ1) is 9.45. The SMILES string of the molecule is COC(=O)[C@H]1CCCN(S(=O)(=O)c2cccc(C)c2)C1. The second-order valence-electron chi connectivity index (χ2n) is 5.04. The molecule has 0 spiro atoms. The number of carbonyl (C=O) groups is 1. The number of methoxy groups -OCH3 is 1. The molecule has 1 aromatic rings. The maximum Gasteiger partial charge on any atom is 0.309 e. The van der Waals surface area contributed by atoms with Gasteiger partial charge in [-0.3, -0.25) is 4.79 Å². The van der Waals surface area contributed by atoms with E-state index in [1.807, 2.05) is 13.0 Å². The van der Waals surface area contributed by atoms with Gasteiger partial charge >= 0.3 is 5.97 Å². The minimum absolute atomic E-state index is 0.197. The molecule has 6 heteroatoms. The molecular weight excluding hydrogens is 278 g/mol. The fourth-order valence-corrected chi connectivity index (χ4v) is 4.07. The van der Waals surface area contributed by atoms with Gasteiger partial charge in [-0.1, -0.05) is 12.1 Å². The summed E-state index contributed by atoms with van der Waals surface area (Å²) in [4.78, 5) is 11.9. The van der Waals surface area contributed by atoms with Gasteiger partial charge in [0.05, 0.1) is 17.9 Å². The Labute approximate surface area is 119 Å². The smallest absolute Gasteiger partial charge is 0.309 e. The van der Waals surface area contributed by atoms with Gasteiger partial charge in [0, 0.05) is 13.1 Å². The van der Waals surface area contributed by atoms with Crippen LogP contribution in [0.5, 0.6) is 0 Å². The first-order valence-corrected chi connectivity index (χ1v) is 8.04. The van der Waals surface area contributed by atoms with E-state index >= 15 is 0 Å². The molecule has 1 aromatic carbocycles. The third kappa shape index (κ3) is 3.02. The molecular formula is C14H19NO4S. The molecule has 5 nitrogen and oxygen atoms in total. The van der Waals surface area contributed by atoms with Crippen molar-refractivity contribution in [2.75, 3.05) is 20.2 Å². The third-order valence-electron chi connectivity index (χ3n) is 3.55. The number of esters is 1. The highest BCUT2D eigenvalue weighted by Crippen LogP contribution is 2.24. The topological polar surface area (TPSA) is 63.7 Å². The van der Waals surface area contributed by atoms with Crippen LogP contribution in [0.15, 0.2) is 29.2 Å². The maximum atomic E-state index is 12.6. The Morgan fingerprint density at radius 3 is 2.80 bits per heavy atom. The van der Waals surface area contributed by atoms with Gasteiger partial charge in [0.2, 0.25) is 10.0 Å². The highest BCUT2D eigenvalue weighted by atomic mass is 32.2. The zero-order valence-electron chi connectivity index (χ0n) is 11.7. The lowest BCUT2D eigenvalue weighted by Crippen LogP contribution is -2.42. The van der Waals surface area contributed by atoms with Gasteiger partial charge in [-0.15, -0.1) is 0 Å². The van der Waals surface area contributed by atoms with Gasteiger partial charge in [0.1, 0.15) is 0 Å². The van der Waals surface area contributed by atoms with E-state index in [2.05, 4.69) is 0 Å². The molecule has 1 aliphatic heterocycles. The van der Waals surface area contributed by atoms with E-state index in [9.17, 15) is 13.2 Å². The second kappa shape index (κ2) is 5.93. The first-order valence-electron chi connectivity index (χ1n) is 6.60. The van der Waals surface area contributed by atoms with E-state index in [4.69, 9.17) is 4.74 Å². The third-order valence-corrected chi connectivity index (χ3v) is 5.41. The maximum absolute atomic E-state index is 12.6. The highest BCUT2D eigenvalue weighted by molar-refractivity contribution is 7.89. The Bertz CT molecular complexity index is 597. The Morgan fingerprint density at radius 1 is 1.40 bits per heavy atom. The average molecular weight is 297 g/mol. The summed E-state index contributed by atoms with van der Waals surface area (Å²) in [6.45, 7) is 2.50. The van der Waals surface area contributed by atoms with Crippen molar-refractivity contribution in [1.82, 2.24) is 4.31 Å². The summed E-state index contributed by atoms with van der Waals surface area (Å²) in [5.74, 6) is -0.706. The molecule has 0 amide bonds. The molecule has 2 rings (SSSR count). The second-order valence-corrected chi connectivity index (χ2v) is 6.98. The molecule has 0 aliphatic carbocycles. The standard InChI is InChI=1S/C14H19NO4S/c1-11-5-3-7-13(9-11)20(17,18)15-8-4-6-12(10-15)14(16)19-2/h3,5,7,9,12H,4,6,8,10H2,1-2H3/t12-/m0/s1. The monoisotopic (exact) mass is 297 g/mol. The van der Waals surface area contributed by atoms with E-state index in [0.29, 0.717) is 19.4 Å². The van der Waals surface area contributed by atoms with Crippen LogP contribution in [0.25, 0.3) is 0 Å². The number of hydrogen-bond donors (Lipinski definition) is 0. The van der Waals surface area contributed by atoms with Crippen LogP contribution in [0.3, 0.4) is 0 Å². The molecule has 20 heavy (non-hydrogen) atoms. The van der Waals surface area contributed by atoms with Crippen LogP contribution >= 0.6 is 0 Å². The van der Waals surface area contributed by atoms with Gasteiger partial charge in [-0.2, -0.15) is 4.31 Å². The number of ether oxygens (including phenoxy) is 1. The van der Waals surface area contributed by atoms with Crippen molar-refractivity contribution in [3.8, 4) is 0 Å². The van der Waals surface area contributed by atoms with E-state index in [0.717, 1.165) is 5.56 Å². The van der Waals surface area contributed by atoms with Gasteiger partial charge in [0.25, 0.3) is 0 Å². The first kappa shape index (κ1) is 15.0. The lowest BCUT2D eigenvalue weighted by molar-refractivity contribution is -0.146. The summed E-state index contributed by atoms with van der Waals surface area (Å²) < 4.78 is 31.2.